The van der Waals surface area contributed by atoms with Gasteiger partial charge in [0.25, 0.3) is 0 Å². The Labute approximate surface area is 102 Å². The van der Waals surface area contributed by atoms with Gasteiger partial charge >= 0.3 is 0 Å². The molecule has 0 saturated heterocycles. The predicted octanol–water partition coefficient (Wildman–Crippen LogP) is 1.21. The molecule has 0 radical (unpaired) electrons. The van der Waals surface area contributed by atoms with Crippen LogP contribution < -0.4 is 16.2 Å². The van der Waals surface area contributed by atoms with Gasteiger partial charge in [-0.05, 0) is 31.5 Å². The van der Waals surface area contributed by atoms with Crippen molar-refractivity contribution in [2.45, 2.75) is 18.7 Å². The van der Waals surface area contributed by atoms with Crippen LogP contribution in [0.3, 0.4) is 0 Å². The van der Waals surface area contributed by atoms with Gasteiger partial charge in [0.15, 0.2) is 0 Å². The van der Waals surface area contributed by atoms with Crippen LogP contribution in [0.15, 0.2) is 29.2 Å². The quantitative estimate of drug-likeness (QED) is 0.556. The SMILES string of the molecule is C=C(C)CNc1cc(N)cc(S(N)(=O)=O)c1C. The summed E-state index contributed by atoms with van der Waals surface area (Å²) < 4.78 is 22.7. The maximum atomic E-state index is 11.4. The van der Waals surface area contributed by atoms with Crippen molar-refractivity contribution in [3.63, 3.8) is 0 Å². The lowest BCUT2D eigenvalue weighted by atomic mass is 10.1. The van der Waals surface area contributed by atoms with Gasteiger partial charge in [0.1, 0.15) is 0 Å². The smallest absolute Gasteiger partial charge is 0.238 e. The third-order valence-corrected chi connectivity index (χ3v) is 3.31. The number of benzene rings is 1. The normalized spacial score (nSPS) is 11.2. The molecule has 0 saturated carbocycles. The summed E-state index contributed by atoms with van der Waals surface area (Å²) in [6.45, 7) is 7.86. The molecule has 5 N–H and O–H groups in total. The van der Waals surface area contributed by atoms with Crippen LogP contribution in [0.1, 0.15) is 12.5 Å². The Balaban J connectivity index is 3.24. The maximum Gasteiger partial charge on any atom is 0.238 e. The predicted molar refractivity (Wildman–Crippen MR) is 70.3 cm³/mol. The summed E-state index contributed by atoms with van der Waals surface area (Å²) in [4.78, 5) is 0.0433. The Morgan fingerprint density at radius 2 is 2.06 bits per heavy atom. The lowest BCUT2D eigenvalue weighted by Crippen LogP contribution is -2.15. The summed E-state index contributed by atoms with van der Waals surface area (Å²) in [6.07, 6.45) is 0. The molecular weight excluding hydrogens is 238 g/mol. The zero-order valence-corrected chi connectivity index (χ0v) is 10.8. The number of nitrogens with two attached hydrogens (primary N) is 2. The van der Waals surface area contributed by atoms with Crippen LogP contribution >= 0.6 is 0 Å². The molecule has 0 aliphatic carbocycles. The molecule has 0 bridgehead atoms. The first-order valence-electron chi connectivity index (χ1n) is 5.03. The standard InChI is InChI=1S/C11H17N3O2S/c1-7(2)6-14-10-4-9(12)5-11(8(10)3)17(13,15)16/h4-5,14H,1,6,12H2,2-3H3,(H2,13,15,16). The summed E-state index contributed by atoms with van der Waals surface area (Å²) in [6, 6.07) is 3.03. The van der Waals surface area contributed by atoms with Crippen molar-refractivity contribution in [2.24, 2.45) is 5.14 Å². The first-order valence-corrected chi connectivity index (χ1v) is 6.57. The van der Waals surface area contributed by atoms with Crippen molar-refractivity contribution in [3.05, 3.63) is 29.8 Å². The molecule has 0 aliphatic heterocycles. The first kappa shape index (κ1) is 13.5. The zero-order valence-electron chi connectivity index (χ0n) is 9.95. The molecule has 1 aromatic rings. The monoisotopic (exact) mass is 255 g/mol. The number of hydrogen-bond acceptors (Lipinski definition) is 4. The average Bonchev–Trinajstić information content (AvgIpc) is 2.17. The van der Waals surface area contributed by atoms with E-state index in [4.69, 9.17) is 10.9 Å². The minimum Gasteiger partial charge on any atom is -0.399 e. The maximum absolute atomic E-state index is 11.4. The number of hydrogen-bond donors (Lipinski definition) is 3. The van der Waals surface area contributed by atoms with E-state index in [9.17, 15) is 8.42 Å². The molecule has 5 nitrogen and oxygen atoms in total. The van der Waals surface area contributed by atoms with Crippen LogP contribution in [0.2, 0.25) is 0 Å². The number of sulfonamides is 1. The van der Waals surface area contributed by atoms with Crippen LogP contribution in [-0.2, 0) is 10.0 Å². The molecule has 0 aliphatic rings. The van der Waals surface area contributed by atoms with Gasteiger partial charge in [0, 0.05) is 17.9 Å². The first-order chi connectivity index (χ1) is 7.71. The second-order valence-corrected chi connectivity index (χ2v) is 5.58. The summed E-state index contributed by atoms with van der Waals surface area (Å²) in [5.74, 6) is 0. The van der Waals surface area contributed by atoms with Gasteiger partial charge in [-0.15, -0.1) is 0 Å². The second-order valence-electron chi connectivity index (χ2n) is 4.05. The third-order valence-electron chi connectivity index (χ3n) is 2.27. The van der Waals surface area contributed by atoms with Gasteiger partial charge in [-0.2, -0.15) is 0 Å². The molecular formula is C11H17N3O2S. The second kappa shape index (κ2) is 4.77. The van der Waals surface area contributed by atoms with E-state index in [-0.39, 0.29) is 4.90 Å². The Bertz CT molecular complexity index is 550. The topological polar surface area (TPSA) is 98.2 Å². The van der Waals surface area contributed by atoms with E-state index in [1.165, 1.54) is 6.07 Å². The van der Waals surface area contributed by atoms with Gasteiger partial charge in [0.05, 0.1) is 4.90 Å². The fourth-order valence-electron chi connectivity index (χ4n) is 1.43. The molecule has 0 unspecified atom stereocenters. The summed E-state index contributed by atoms with van der Waals surface area (Å²) in [7, 11) is -3.76. The van der Waals surface area contributed by atoms with Gasteiger partial charge in [-0.1, -0.05) is 12.2 Å². The number of nitrogens with one attached hydrogen (secondary N) is 1. The highest BCUT2D eigenvalue weighted by Gasteiger charge is 2.15. The van der Waals surface area contributed by atoms with E-state index in [0.717, 1.165) is 5.57 Å². The molecule has 1 aromatic carbocycles. The number of anilines is 2. The molecule has 0 aromatic heterocycles. The van der Waals surface area contributed by atoms with Crippen molar-refractivity contribution in [2.75, 3.05) is 17.6 Å². The third kappa shape index (κ3) is 3.47. The van der Waals surface area contributed by atoms with E-state index in [2.05, 4.69) is 11.9 Å². The van der Waals surface area contributed by atoms with Crippen LogP contribution in [0.5, 0.6) is 0 Å². The molecule has 0 heterocycles. The lowest BCUT2D eigenvalue weighted by molar-refractivity contribution is 0.597. The van der Waals surface area contributed by atoms with Crippen molar-refractivity contribution < 1.29 is 8.42 Å². The van der Waals surface area contributed by atoms with Crippen LogP contribution in [0.25, 0.3) is 0 Å². The van der Waals surface area contributed by atoms with Gasteiger partial charge in [-0.3, -0.25) is 0 Å². The fraction of sp³-hybridized carbons (Fsp3) is 0.273. The van der Waals surface area contributed by atoms with Crippen molar-refractivity contribution >= 4 is 21.4 Å². The molecule has 0 spiro atoms. The summed E-state index contributed by atoms with van der Waals surface area (Å²) >= 11 is 0. The van der Waals surface area contributed by atoms with Gasteiger partial charge in [-0.25, -0.2) is 13.6 Å². The fourth-order valence-corrected chi connectivity index (χ4v) is 2.27. The molecule has 0 atom stereocenters. The number of rotatable bonds is 4. The summed E-state index contributed by atoms with van der Waals surface area (Å²) in [5, 5.41) is 8.19. The Morgan fingerprint density at radius 3 is 2.53 bits per heavy atom. The number of primary sulfonamides is 1. The molecule has 1 rings (SSSR count). The average molecular weight is 255 g/mol. The number of nitrogen functional groups attached to an aromatic ring is 1. The molecule has 0 fully saturated rings. The van der Waals surface area contributed by atoms with Crippen molar-refractivity contribution in [1.82, 2.24) is 0 Å². The minimum absolute atomic E-state index is 0.0433. The molecule has 17 heavy (non-hydrogen) atoms. The summed E-state index contributed by atoms with van der Waals surface area (Å²) in [5.41, 5.74) is 8.14. The highest BCUT2D eigenvalue weighted by atomic mass is 32.2. The Kier molecular flexibility index (Phi) is 3.79. The van der Waals surface area contributed by atoms with Crippen molar-refractivity contribution in [3.8, 4) is 0 Å². The molecule has 94 valence electrons. The zero-order chi connectivity index (χ0) is 13.2. The largest absolute Gasteiger partial charge is 0.399 e. The van der Waals surface area contributed by atoms with E-state index >= 15 is 0 Å². The highest BCUT2D eigenvalue weighted by molar-refractivity contribution is 7.89. The molecule has 6 heteroatoms. The van der Waals surface area contributed by atoms with Crippen LogP contribution in [-0.4, -0.2) is 15.0 Å². The lowest BCUT2D eigenvalue weighted by Gasteiger charge is -2.13. The van der Waals surface area contributed by atoms with E-state index in [0.29, 0.717) is 23.5 Å². The van der Waals surface area contributed by atoms with Gasteiger partial charge in [0.2, 0.25) is 10.0 Å². The van der Waals surface area contributed by atoms with Crippen LogP contribution in [0.4, 0.5) is 11.4 Å². The molecule has 0 amide bonds. The Morgan fingerprint density at radius 1 is 1.47 bits per heavy atom. The van der Waals surface area contributed by atoms with E-state index < -0.39 is 10.0 Å². The van der Waals surface area contributed by atoms with Crippen molar-refractivity contribution in [1.29, 1.82) is 0 Å². The minimum atomic E-state index is -3.76. The van der Waals surface area contributed by atoms with E-state index in [1.807, 2.05) is 6.92 Å². The van der Waals surface area contributed by atoms with Crippen LogP contribution in [0, 0.1) is 6.92 Å². The highest BCUT2D eigenvalue weighted by Crippen LogP contribution is 2.26. The van der Waals surface area contributed by atoms with Gasteiger partial charge < -0.3 is 11.1 Å². The van der Waals surface area contributed by atoms with E-state index in [1.54, 1.807) is 13.0 Å². The Hall–Kier alpha value is -1.53.